The average molecular weight is 242 g/mol. The van der Waals surface area contributed by atoms with Gasteiger partial charge in [-0.05, 0) is 13.3 Å². The first kappa shape index (κ1) is 14.2. The molecule has 4 nitrogen and oxygen atoms in total. The van der Waals surface area contributed by atoms with E-state index in [2.05, 4.69) is 6.92 Å². The first-order valence-electron chi connectivity index (χ1n) is 6.42. The number of hydrogen-bond acceptors (Lipinski definition) is 4. The van der Waals surface area contributed by atoms with E-state index in [1.165, 1.54) is 12.8 Å². The topological polar surface area (TPSA) is 44.8 Å². The Bertz CT molecular complexity index is 250. The van der Waals surface area contributed by atoms with E-state index in [-0.39, 0.29) is 24.6 Å². The molecule has 1 heterocycles. The number of hydrogen-bond donors (Lipinski definition) is 0. The van der Waals surface area contributed by atoms with Crippen molar-refractivity contribution in [2.75, 3.05) is 6.61 Å². The molecule has 4 heteroatoms. The van der Waals surface area contributed by atoms with Crippen LogP contribution >= 0.6 is 0 Å². The van der Waals surface area contributed by atoms with E-state index in [9.17, 15) is 4.79 Å². The summed E-state index contributed by atoms with van der Waals surface area (Å²) in [7, 11) is 0. The minimum absolute atomic E-state index is 0.0278. The first-order chi connectivity index (χ1) is 8.26. The Morgan fingerprint density at radius 3 is 2.47 bits per heavy atom. The molecule has 0 fully saturated rings. The Morgan fingerprint density at radius 2 is 1.88 bits per heavy atom. The molecule has 0 radical (unpaired) electrons. The van der Waals surface area contributed by atoms with Gasteiger partial charge in [0, 0.05) is 0 Å². The largest absolute Gasteiger partial charge is 0.466 e. The maximum atomic E-state index is 11.2. The van der Waals surface area contributed by atoms with Crippen LogP contribution in [0.2, 0.25) is 0 Å². The van der Waals surface area contributed by atoms with Gasteiger partial charge < -0.3 is 4.74 Å². The SMILES string of the molecule is CCCCC[C@H]1C=C[C@@H](CC(=O)OCC)OO1. The first-order valence-corrected chi connectivity index (χ1v) is 6.42. The smallest absolute Gasteiger partial charge is 0.308 e. The molecule has 0 aromatic rings. The van der Waals surface area contributed by atoms with Crippen molar-refractivity contribution < 1.29 is 19.3 Å². The lowest BCUT2D eigenvalue weighted by molar-refractivity contribution is -0.340. The molecule has 1 rings (SSSR count). The van der Waals surface area contributed by atoms with E-state index in [0.29, 0.717) is 6.61 Å². The van der Waals surface area contributed by atoms with Crippen LogP contribution in [0, 0.1) is 0 Å². The number of carbonyl (C=O) groups excluding carboxylic acids is 1. The third-order valence-corrected chi connectivity index (χ3v) is 2.61. The quantitative estimate of drug-likeness (QED) is 0.298. The Hall–Kier alpha value is -0.870. The van der Waals surface area contributed by atoms with Gasteiger partial charge in [-0.2, -0.15) is 0 Å². The highest BCUT2D eigenvalue weighted by Gasteiger charge is 2.20. The molecule has 0 aromatic heterocycles. The predicted octanol–water partition coefficient (Wildman–Crippen LogP) is 2.78. The van der Waals surface area contributed by atoms with Gasteiger partial charge in [-0.1, -0.05) is 38.3 Å². The zero-order valence-corrected chi connectivity index (χ0v) is 10.7. The summed E-state index contributed by atoms with van der Waals surface area (Å²) < 4.78 is 4.84. The second kappa shape index (κ2) is 8.25. The summed E-state index contributed by atoms with van der Waals surface area (Å²) in [6.45, 7) is 4.36. The van der Waals surface area contributed by atoms with Crippen LogP contribution in [0.4, 0.5) is 0 Å². The second-order valence-corrected chi connectivity index (χ2v) is 4.16. The maximum absolute atomic E-state index is 11.2. The Morgan fingerprint density at radius 1 is 1.18 bits per heavy atom. The van der Waals surface area contributed by atoms with E-state index < -0.39 is 0 Å². The van der Waals surface area contributed by atoms with E-state index in [1.807, 2.05) is 12.2 Å². The number of carbonyl (C=O) groups is 1. The van der Waals surface area contributed by atoms with Gasteiger partial charge in [0.25, 0.3) is 0 Å². The van der Waals surface area contributed by atoms with E-state index in [1.54, 1.807) is 6.92 Å². The van der Waals surface area contributed by atoms with Crippen LogP contribution in [0.1, 0.15) is 46.0 Å². The van der Waals surface area contributed by atoms with Gasteiger partial charge in [0.05, 0.1) is 13.0 Å². The summed E-state index contributed by atoms with van der Waals surface area (Å²) in [5, 5.41) is 0. The minimum Gasteiger partial charge on any atom is -0.466 e. The lowest BCUT2D eigenvalue weighted by Crippen LogP contribution is -2.25. The molecule has 0 unspecified atom stereocenters. The molecule has 0 spiro atoms. The van der Waals surface area contributed by atoms with Gasteiger partial charge in [0.15, 0.2) is 0 Å². The van der Waals surface area contributed by atoms with Crippen molar-refractivity contribution in [1.82, 2.24) is 0 Å². The fourth-order valence-electron chi connectivity index (χ4n) is 1.68. The number of ether oxygens (including phenoxy) is 1. The summed E-state index contributed by atoms with van der Waals surface area (Å²) in [5.74, 6) is -0.254. The molecular weight excluding hydrogens is 220 g/mol. The zero-order chi connectivity index (χ0) is 12.5. The van der Waals surface area contributed by atoms with Gasteiger partial charge in [0.1, 0.15) is 12.2 Å². The number of rotatable bonds is 7. The fraction of sp³-hybridized carbons (Fsp3) is 0.769. The van der Waals surface area contributed by atoms with E-state index >= 15 is 0 Å². The Kier molecular flexibility index (Phi) is 6.89. The maximum Gasteiger partial charge on any atom is 0.308 e. The monoisotopic (exact) mass is 242 g/mol. The van der Waals surface area contributed by atoms with Gasteiger partial charge in [0.2, 0.25) is 0 Å². The molecule has 0 amide bonds. The Labute approximate surface area is 103 Å². The van der Waals surface area contributed by atoms with E-state index in [4.69, 9.17) is 14.5 Å². The predicted molar refractivity (Wildman–Crippen MR) is 64.3 cm³/mol. The van der Waals surface area contributed by atoms with Gasteiger partial charge in [-0.3, -0.25) is 4.79 Å². The van der Waals surface area contributed by atoms with Crippen molar-refractivity contribution in [3.63, 3.8) is 0 Å². The van der Waals surface area contributed by atoms with Crippen LogP contribution in [0.25, 0.3) is 0 Å². The van der Waals surface area contributed by atoms with Crippen LogP contribution < -0.4 is 0 Å². The third-order valence-electron chi connectivity index (χ3n) is 2.61. The molecule has 2 atom stereocenters. The molecule has 0 bridgehead atoms. The Balaban J connectivity index is 2.21. The number of esters is 1. The summed E-state index contributed by atoms with van der Waals surface area (Å²) >= 11 is 0. The van der Waals surface area contributed by atoms with Crippen molar-refractivity contribution in [3.8, 4) is 0 Å². The highest BCUT2D eigenvalue weighted by atomic mass is 17.2. The van der Waals surface area contributed by atoms with Crippen LogP contribution in [0.5, 0.6) is 0 Å². The molecule has 0 saturated carbocycles. The third kappa shape index (κ3) is 5.84. The molecule has 98 valence electrons. The van der Waals surface area contributed by atoms with Crippen molar-refractivity contribution in [3.05, 3.63) is 12.2 Å². The summed E-state index contributed by atoms with van der Waals surface area (Å²) in [6, 6.07) is 0. The molecule has 0 aliphatic carbocycles. The van der Waals surface area contributed by atoms with Gasteiger partial charge >= 0.3 is 5.97 Å². The van der Waals surface area contributed by atoms with Crippen molar-refractivity contribution in [2.45, 2.75) is 58.2 Å². The highest BCUT2D eigenvalue weighted by molar-refractivity contribution is 5.70. The van der Waals surface area contributed by atoms with E-state index in [0.717, 1.165) is 12.8 Å². The van der Waals surface area contributed by atoms with Gasteiger partial charge in [-0.25, -0.2) is 9.78 Å². The van der Waals surface area contributed by atoms with Crippen LogP contribution in [-0.2, 0) is 19.3 Å². The average Bonchev–Trinajstić information content (AvgIpc) is 2.32. The van der Waals surface area contributed by atoms with Gasteiger partial charge in [-0.15, -0.1) is 0 Å². The number of unbranched alkanes of at least 4 members (excludes halogenated alkanes) is 2. The lowest BCUT2D eigenvalue weighted by Gasteiger charge is -2.22. The van der Waals surface area contributed by atoms with Crippen molar-refractivity contribution >= 4 is 5.97 Å². The molecular formula is C13H22O4. The molecule has 0 N–H and O–H groups in total. The zero-order valence-electron chi connectivity index (χ0n) is 10.7. The van der Waals surface area contributed by atoms with Crippen molar-refractivity contribution in [1.29, 1.82) is 0 Å². The normalized spacial score (nSPS) is 23.6. The molecule has 1 aliphatic heterocycles. The summed E-state index contributed by atoms with van der Waals surface area (Å²) in [5.41, 5.74) is 0. The van der Waals surface area contributed by atoms with Crippen LogP contribution in [-0.4, -0.2) is 24.8 Å². The molecule has 17 heavy (non-hydrogen) atoms. The fourth-order valence-corrected chi connectivity index (χ4v) is 1.68. The second-order valence-electron chi connectivity index (χ2n) is 4.16. The minimum atomic E-state index is -0.309. The highest BCUT2D eigenvalue weighted by Crippen LogP contribution is 2.16. The summed E-state index contributed by atoms with van der Waals surface area (Å²) in [6.07, 6.45) is 8.30. The molecule has 0 aromatic carbocycles. The summed E-state index contributed by atoms with van der Waals surface area (Å²) in [4.78, 5) is 21.6. The van der Waals surface area contributed by atoms with Crippen LogP contribution in [0.15, 0.2) is 12.2 Å². The lowest BCUT2D eigenvalue weighted by atomic mass is 10.1. The molecule has 1 aliphatic rings. The van der Waals surface area contributed by atoms with Crippen molar-refractivity contribution in [2.24, 2.45) is 0 Å². The standard InChI is InChI=1S/C13H22O4/c1-3-5-6-7-11-8-9-12(17-16-11)10-13(14)15-4-2/h8-9,11-12H,3-7,10H2,1-2H3/t11-,12-/m0/s1. The molecule has 0 saturated heterocycles. The van der Waals surface area contributed by atoms with Crippen LogP contribution in [0.3, 0.4) is 0 Å².